The molecule has 0 unspecified atom stereocenters. The lowest BCUT2D eigenvalue weighted by Gasteiger charge is -2.21. The molecule has 1 saturated heterocycles. The average Bonchev–Trinajstić information content (AvgIpc) is 1.91. The Hall–Kier alpha value is 0.210. The van der Waals surface area contributed by atoms with Crippen LogP contribution in [0.3, 0.4) is 0 Å². The summed E-state index contributed by atoms with van der Waals surface area (Å²) in [4.78, 5) is 0. The van der Waals surface area contributed by atoms with Crippen LogP contribution in [0, 0.1) is 5.92 Å². The minimum atomic E-state index is 0. The van der Waals surface area contributed by atoms with Crippen molar-refractivity contribution in [2.75, 3.05) is 26.8 Å². The molecule has 0 saturated carbocycles. The highest BCUT2D eigenvalue weighted by Gasteiger charge is 2.11. The summed E-state index contributed by atoms with van der Waals surface area (Å²) in [5.41, 5.74) is 0. The molecule has 0 aromatic heterocycles. The molecule has 1 heterocycles. The first-order valence-corrected chi connectivity index (χ1v) is 3.66. The van der Waals surface area contributed by atoms with E-state index in [0.29, 0.717) is 0 Å². The van der Waals surface area contributed by atoms with Crippen molar-refractivity contribution >= 4 is 12.4 Å². The number of hydrogen-bond donors (Lipinski definition) is 1. The Labute approximate surface area is 68.7 Å². The van der Waals surface area contributed by atoms with Crippen molar-refractivity contribution in [3.8, 4) is 0 Å². The summed E-state index contributed by atoms with van der Waals surface area (Å²) in [6, 6.07) is 0. The molecular formula is C7H16ClNO. The van der Waals surface area contributed by atoms with Gasteiger partial charge < -0.3 is 10.1 Å². The van der Waals surface area contributed by atoms with Crippen molar-refractivity contribution in [3.05, 3.63) is 0 Å². The largest absolute Gasteiger partial charge is 0.381 e. The highest BCUT2D eigenvalue weighted by atomic mass is 35.5. The molecule has 3 heteroatoms. The van der Waals surface area contributed by atoms with E-state index >= 15 is 0 Å². The number of ether oxygens (including phenoxy) is 1. The van der Waals surface area contributed by atoms with Crippen LogP contribution >= 0.6 is 12.4 Å². The summed E-state index contributed by atoms with van der Waals surface area (Å²) < 4.78 is 5.29. The normalized spacial score (nSPS) is 25.5. The summed E-state index contributed by atoms with van der Waals surface area (Å²) in [7, 11) is 1.99. The third kappa shape index (κ3) is 3.40. The molecule has 1 aliphatic heterocycles. The highest BCUT2D eigenvalue weighted by molar-refractivity contribution is 5.85. The third-order valence-electron chi connectivity index (χ3n) is 1.75. The van der Waals surface area contributed by atoms with Gasteiger partial charge in [0.15, 0.2) is 0 Å². The first-order valence-electron chi connectivity index (χ1n) is 3.66. The summed E-state index contributed by atoms with van der Waals surface area (Å²) in [6.07, 6.45) is 2.58. The topological polar surface area (TPSA) is 21.3 Å². The van der Waals surface area contributed by atoms with Gasteiger partial charge in [0.2, 0.25) is 0 Å². The fraction of sp³-hybridized carbons (Fsp3) is 1.00. The molecule has 0 aromatic carbocycles. The van der Waals surface area contributed by atoms with E-state index in [-0.39, 0.29) is 12.4 Å². The molecule has 62 valence electrons. The Morgan fingerprint density at radius 1 is 1.60 bits per heavy atom. The first-order chi connectivity index (χ1) is 4.43. The molecule has 0 aromatic rings. The molecule has 0 radical (unpaired) electrons. The maximum atomic E-state index is 5.29. The van der Waals surface area contributed by atoms with Crippen LogP contribution in [0.2, 0.25) is 0 Å². The minimum Gasteiger partial charge on any atom is -0.381 e. The minimum absolute atomic E-state index is 0. The zero-order valence-electron chi connectivity index (χ0n) is 6.43. The summed E-state index contributed by atoms with van der Waals surface area (Å²) in [6.45, 7) is 3.04. The van der Waals surface area contributed by atoms with Gasteiger partial charge in [-0.25, -0.2) is 0 Å². The fourth-order valence-electron chi connectivity index (χ4n) is 1.26. The van der Waals surface area contributed by atoms with Gasteiger partial charge in [0.1, 0.15) is 0 Å². The van der Waals surface area contributed by atoms with Crippen molar-refractivity contribution in [2.45, 2.75) is 12.8 Å². The second kappa shape index (κ2) is 5.96. The predicted octanol–water partition coefficient (Wildman–Crippen LogP) is 1.05. The van der Waals surface area contributed by atoms with Gasteiger partial charge in [0.05, 0.1) is 6.61 Å². The van der Waals surface area contributed by atoms with E-state index in [9.17, 15) is 0 Å². The summed E-state index contributed by atoms with van der Waals surface area (Å²) in [5.74, 6) is 0.767. The third-order valence-corrected chi connectivity index (χ3v) is 1.75. The molecule has 0 spiro atoms. The number of nitrogens with one attached hydrogen (secondary N) is 1. The van der Waals surface area contributed by atoms with Crippen LogP contribution in [0.15, 0.2) is 0 Å². The molecule has 1 aliphatic rings. The average molecular weight is 166 g/mol. The molecule has 1 atom stereocenters. The molecule has 1 rings (SSSR count). The Bertz CT molecular complexity index is 71.3. The zero-order chi connectivity index (χ0) is 6.53. The van der Waals surface area contributed by atoms with Gasteiger partial charge in [-0.05, 0) is 32.4 Å². The van der Waals surface area contributed by atoms with E-state index in [1.54, 1.807) is 0 Å². The Kier molecular flexibility index (Phi) is 6.08. The lowest BCUT2D eigenvalue weighted by Crippen LogP contribution is -2.26. The Morgan fingerprint density at radius 2 is 2.40 bits per heavy atom. The Balaban J connectivity index is 0.000000810. The standard InChI is InChI=1S/C7H15NO.ClH/c1-8-5-7-3-2-4-9-6-7;/h7-8H,2-6H2,1H3;1H/t7-;/m0./s1. The predicted molar refractivity (Wildman–Crippen MR) is 44.7 cm³/mol. The van der Waals surface area contributed by atoms with Gasteiger partial charge in [-0.1, -0.05) is 0 Å². The van der Waals surface area contributed by atoms with Crippen molar-refractivity contribution in [1.82, 2.24) is 5.32 Å². The fourth-order valence-corrected chi connectivity index (χ4v) is 1.26. The molecule has 10 heavy (non-hydrogen) atoms. The molecule has 0 aliphatic carbocycles. The summed E-state index contributed by atoms with van der Waals surface area (Å²) in [5, 5.41) is 3.16. The van der Waals surface area contributed by atoms with Crippen molar-refractivity contribution in [3.63, 3.8) is 0 Å². The zero-order valence-corrected chi connectivity index (χ0v) is 7.25. The van der Waals surface area contributed by atoms with Crippen LogP contribution in [0.4, 0.5) is 0 Å². The lowest BCUT2D eigenvalue weighted by atomic mass is 10.0. The smallest absolute Gasteiger partial charge is 0.0506 e. The van der Waals surface area contributed by atoms with E-state index in [2.05, 4.69) is 5.32 Å². The molecule has 0 bridgehead atoms. The van der Waals surface area contributed by atoms with Crippen molar-refractivity contribution in [1.29, 1.82) is 0 Å². The number of hydrogen-bond acceptors (Lipinski definition) is 2. The lowest BCUT2D eigenvalue weighted by molar-refractivity contribution is 0.0556. The van der Waals surface area contributed by atoms with Crippen LogP contribution in [0.1, 0.15) is 12.8 Å². The van der Waals surface area contributed by atoms with Crippen LogP contribution < -0.4 is 5.32 Å². The quantitative estimate of drug-likeness (QED) is 0.661. The van der Waals surface area contributed by atoms with E-state index in [1.165, 1.54) is 12.8 Å². The van der Waals surface area contributed by atoms with Crippen LogP contribution in [0.25, 0.3) is 0 Å². The molecule has 2 nitrogen and oxygen atoms in total. The van der Waals surface area contributed by atoms with E-state index < -0.39 is 0 Å². The number of rotatable bonds is 2. The van der Waals surface area contributed by atoms with Crippen molar-refractivity contribution < 1.29 is 4.74 Å². The molecule has 1 N–H and O–H groups in total. The molecular weight excluding hydrogens is 150 g/mol. The van der Waals surface area contributed by atoms with E-state index in [1.807, 2.05) is 7.05 Å². The monoisotopic (exact) mass is 165 g/mol. The van der Waals surface area contributed by atoms with Gasteiger partial charge in [-0.2, -0.15) is 0 Å². The maximum absolute atomic E-state index is 5.29. The van der Waals surface area contributed by atoms with E-state index in [0.717, 1.165) is 25.7 Å². The van der Waals surface area contributed by atoms with Crippen LogP contribution in [0.5, 0.6) is 0 Å². The van der Waals surface area contributed by atoms with Crippen LogP contribution in [-0.4, -0.2) is 26.8 Å². The van der Waals surface area contributed by atoms with Crippen molar-refractivity contribution in [2.24, 2.45) is 5.92 Å². The van der Waals surface area contributed by atoms with Gasteiger partial charge >= 0.3 is 0 Å². The van der Waals surface area contributed by atoms with Gasteiger partial charge in [-0.3, -0.25) is 0 Å². The number of halogens is 1. The van der Waals surface area contributed by atoms with Gasteiger partial charge in [-0.15, -0.1) is 12.4 Å². The SMILES string of the molecule is CNC[C@@H]1CCCOC1.Cl. The van der Waals surface area contributed by atoms with Gasteiger partial charge in [0, 0.05) is 6.61 Å². The van der Waals surface area contributed by atoms with Gasteiger partial charge in [0.25, 0.3) is 0 Å². The van der Waals surface area contributed by atoms with Crippen LogP contribution in [-0.2, 0) is 4.74 Å². The first kappa shape index (κ1) is 10.2. The summed E-state index contributed by atoms with van der Waals surface area (Å²) >= 11 is 0. The highest BCUT2D eigenvalue weighted by Crippen LogP contribution is 2.11. The second-order valence-electron chi connectivity index (χ2n) is 2.64. The Morgan fingerprint density at radius 3 is 2.90 bits per heavy atom. The maximum Gasteiger partial charge on any atom is 0.0506 e. The molecule has 0 amide bonds. The molecule has 1 fully saturated rings. The second-order valence-corrected chi connectivity index (χ2v) is 2.64. The van der Waals surface area contributed by atoms with E-state index in [4.69, 9.17) is 4.74 Å².